The van der Waals surface area contributed by atoms with E-state index in [0.29, 0.717) is 6.07 Å². The van der Waals surface area contributed by atoms with Crippen LogP contribution in [-0.2, 0) is 12.8 Å². The van der Waals surface area contributed by atoms with E-state index in [1.807, 2.05) is 0 Å². The Morgan fingerprint density at radius 2 is 1.95 bits per heavy atom. The molecule has 6 nitrogen and oxygen atoms in total. The van der Waals surface area contributed by atoms with Gasteiger partial charge in [0.15, 0.2) is 11.6 Å². The number of aromatic amines is 1. The molecule has 2 rings (SSSR count). The fraction of sp³-hybridized carbons (Fsp3) is 0.182. The summed E-state index contributed by atoms with van der Waals surface area (Å²) >= 11 is 5.57. The third-order valence-electron chi connectivity index (χ3n) is 2.58. The standard InChI is InChI=1S/C11H6ClF4N3O3/c12-4-1-5(13)9(17-6(4)3-20)19-8(21)2-7(11(14,15)16)18-10(19)22/h1-2,20H,3H2,(H,18,22). The highest BCUT2D eigenvalue weighted by atomic mass is 35.5. The van der Waals surface area contributed by atoms with Crippen LogP contribution in [0.25, 0.3) is 5.82 Å². The number of nitrogens with one attached hydrogen (secondary N) is 1. The van der Waals surface area contributed by atoms with Crippen LogP contribution in [0.1, 0.15) is 11.4 Å². The highest BCUT2D eigenvalue weighted by Crippen LogP contribution is 2.25. The lowest BCUT2D eigenvalue weighted by Gasteiger charge is -2.10. The number of alkyl halides is 3. The molecule has 0 aliphatic heterocycles. The molecule has 0 spiro atoms. The van der Waals surface area contributed by atoms with Crippen molar-refractivity contribution >= 4 is 11.6 Å². The number of aromatic nitrogens is 3. The van der Waals surface area contributed by atoms with Gasteiger partial charge in [0.25, 0.3) is 5.56 Å². The highest BCUT2D eigenvalue weighted by molar-refractivity contribution is 6.31. The van der Waals surface area contributed by atoms with Gasteiger partial charge in [-0.1, -0.05) is 11.6 Å². The Hall–Kier alpha value is -2.20. The SMILES string of the molecule is O=c1cc(C(F)(F)F)[nH]c(=O)n1-c1nc(CO)c(Cl)cc1F. The molecule has 0 radical (unpaired) electrons. The Balaban J connectivity index is 2.75. The van der Waals surface area contributed by atoms with Crippen LogP contribution in [0, 0.1) is 5.82 Å². The molecule has 2 heterocycles. The van der Waals surface area contributed by atoms with Crippen LogP contribution in [0.2, 0.25) is 5.02 Å². The van der Waals surface area contributed by atoms with Crippen molar-refractivity contribution < 1.29 is 22.7 Å². The minimum absolute atomic E-state index is 0.0695. The van der Waals surface area contributed by atoms with Gasteiger partial charge in [0.2, 0.25) is 0 Å². The van der Waals surface area contributed by atoms with Crippen LogP contribution in [0.15, 0.2) is 21.7 Å². The summed E-state index contributed by atoms with van der Waals surface area (Å²) in [6, 6.07) is 0.773. The van der Waals surface area contributed by atoms with Crippen molar-refractivity contribution in [1.29, 1.82) is 0 Å². The molecule has 0 aliphatic carbocycles. The zero-order chi connectivity index (χ0) is 16.7. The van der Waals surface area contributed by atoms with Gasteiger partial charge in [-0.3, -0.25) is 4.79 Å². The van der Waals surface area contributed by atoms with Crippen LogP contribution in [0.4, 0.5) is 17.6 Å². The maximum atomic E-state index is 13.8. The van der Waals surface area contributed by atoms with Gasteiger partial charge in [0, 0.05) is 6.07 Å². The third-order valence-corrected chi connectivity index (χ3v) is 2.91. The van der Waals surface area contributed by atoms with Crippen LogP contribution < -0.4 is 11.2 Å². The Kier molecular flexibility index (Phi) is 4.07. The van der Waals surface area contributed by atoms with Gasteiger partial charge in [0.05, 0.1) is 17.3 Å². The molecule has 2 aromatic rings. The zero-order valence-corrected chi connectivity index (χ0v) is 11.2. The number of rotatable bonds is 2. The second-order valence-electron chi connectivity index (χ2n) is 4.04. The second-order valence-corrected chi connectivity index (χ2v) is 4.45. The molecule has 2 aromatic heterocycles. The molecule has 0 bridgehead atoms. The van der Waals surface area contributed by atoms with Gasteiger partial charge in [-0.2, -0.15) is 13.2 Å². The number of hydrogen-bond acceptors (Lipinski definition) is 4. The maximum absolute atomic E-state index is 13.8. The van der Waals surface area contributed by atoms with E-state index in [0.717, 1.165) is 0 Å². The normalized spacial score (nSPS) is 11.7. The molecule has 11 heteroatoms. The van der Waals surface area contributed by atoms with Crippen molar-refractivity contribution in [2.24, 2.45) is 0 Å². The molecule has 22 heavy (non-hydrogen) atoms. The van der Waals surface area contributed by atoms with Gasteiger partial charge in [-0.05, 0) is 6.07 Å². The van der Waals surface area contributed by atoms with E-state index in [2.05, 4.69) is 4.98 Å². The Labute approximate surface area is 123 Å². The van der Waals surface area contributed by atoms with Crippen molar-refractivity contribution in [2.75, 3.05) is 0 Å². The quantitative estimate of drug-likeness (QED) is 0.805. The van der Waals surface area contributed by atoms with Crippen molar-refractivity contribution in [3.8, 4) is 5.82 Å². The summed E-state index contributed by atoms with van der Waals surface area (Å²) in [5.41, 5.74) is -4.79. The van der Waals surface area contributed by atoms with Gasteiger partial charge >= 0.3 is 11.9 Å². The van der Waals surface area contributed by atoms with E-state index in [1.54, 1.807) is 0 Å². The zero-order valence-electron chi connectivity index (χ0n) is 10.4. The van der Waals surface area contributed by atoms with Crippen LogP contribution >= 0.6 is 11.6 Å². The molecule has 118 valence electrons. The van der Waals surface area contributed by atoms with E-state index in [1.165, 1.54) is 4.98 Å². The predicted molar refractivity (Wildman–Crippen MR) is 66.3 cm³/mol. The summed E-state index contributed by atoms with van der Waals surface area (Å²) in [6.45, 7) is -0.723. The van der Waals surface area contributed by atoms with Crippen molar-refractivity contribution in [2.45, 2.75) is 12.8 Å². The number of pyridine rings is 1. The Bertz CT molecular complexity index is 813. The number of halogens is 5. The highest BCUT2D eigenvalue weighted by Gasteiger charge is 2.33. The van der Waals surface area contributed by atoms with E-state index in [4.69, 9.17) is 16.7 Å². The molecule has 0 saturated carbocycles. The molecule has 0 fully saturated rings. The topological polar surface area (TPSA) is 88.0 Å². The summed E-state index contributed by atoms with van der Waals surface area (Å²) in [5.74, 6) is -2.08. The third kappa shape index (κ3) is 2.88. The van der Waals surface area contributed by atoms with Crippen LogP contribution in [0.3, 0.4) is 0 Å². The average molecular weight is 340 g/mol. The van der Waals surface area contributed by atoms with Crippen molar-refractivity contribution in [3.63, 3.8) is 0 Å². The summed E-state index contributed by atoms with van der Waals surface area (Å²) in [4.78, 5) is 28.2. The fourth-order valence-electron chi connectivity index (χ4n) is 1.61. The van der Waals surface area contributed by atoms with Crippen molar-refractivity contribution in [3.05, 3.63) is 55.2 Å². The number of hydrogen-bond donors (Lipinski definition) is 2. The first-order valence-corrected chi connectivity index (χ1v) is 5.92. The van der Waals surface area contributed by atoms with Crippen LogP contribution in [0.5, 0.6) is 0 Å². The van der Waals surface area contributed by atoms with E-state index in [9.17, 15) is 27.2 Å². The second kappa shape index (κ2) is 5.54. The Morgan fingerprint density at radius 1 is 1.32 bits per heavy atom. The van der Waals surface area contributed by atoms with Gasteiger partial charge < -0.3 is 10.1 Å². The number of nitrogens with zero attached hydrogens (tertiary/aromatic N) is 2. The molecule has 0 unspecified atom stereocenters. The molecular formula is C11H6ClF4N3O3. The fourth-order valence-corrected chi connectivity index (χ4v) is 1.81. The molecule has 0 amide bonds. The summed E-state index contributed by atoms with van der Waals surface area (Å²) < 4.78 is 51.3. The lowest BCUT2D eigenvalue weighted by atomic mass is 10.3. The van der Waals surface area contributed by atoms with Crippen molar-refractivity contribution in [1.82, 2.24) is 14.5 Å². The first-order chi connectivity index (χ1) is 10.1. The lowest BCUT2D eigenvalue weighted by molar-refractivity contribution is -0.141. The summed E-state index contributed by atoms with van der Waals surface area (Å²) in [7, 11) is 0. The average Bonchev–Trinajstić information content (AvgIpc) is 2.39. The monoisotopic (exact) mass is 339 g/mol. The van der Waals surface area contributed by atoms with E-state index < -0.39 is 41.4 Å². The minimum atomic E-state index is -4.94. The smallest absolute Gasteiger partial charge is 0.390 e. The number of aliphatic hydroxyl groups is 1. The predicted octanol–water partition coefficient (Wildman–Crippen LogP) is 1.22. The molecule has 2 N–H and O–H groups in total. The molecular weight excluding hydrogens is 334 g/mol. The summed E-state index contributed by atoms with van der Waals surface area (Å²) in [6.07, 6.45) is -4.94. The van der Waals surface area contributed by atoms with E-state index >= 15 is 0 Å². The minimum Gasteiger partial charge on any atom is -0.390 e. The van der Waals surface area contributed by atoms with Crippen LogP contribution in [-0.4, -0.2) is 19.6 Å². The Morgan fingerprint density at radius 3 is 2.45 bits per heavy atom. The first-order valence-electron chi connectivity index (χ1n) is 5.55. The van der Waals surface area contributed by atoms with Gasteiger partial charge in [-0.15, -0.1) is 0 Å². The number of H-pyrrole nitrogens is 1. The lowest BCUT2D eigenvalue weighted by Crippen LogP contribution is -2.37. The van der Waals surface area contributed by atoms with Gasteiger partial charge in [0.1, 0.15) is 5.69 Å². The molecule has 0 aliphatic rings. The number of aliphatic hydroxyl groups excluding tert-OH is 1. The largest absolute Gasteiger partial charge is 0.431 e. The molecule has 0 aromatic carbocycles. The maximum Gasteiger partial charge on any atom is 0.431 e. The van der Waals surface area contributed by atoms with Gasteiger partial charge in [-0.25, -0.2) is 18.7 Å². The molecule has 0 saturated heterocycles. The van der Waals surface area contributed by atoms with E-state index in [-0.39, 0.29) is 21.4 Å². The summed E-state index contributed by atoms with van der Waals surface area (Å²) in [5, 5.41) is 8.71. The first kappa shape index (κ1) is 16.2. The molecule has 0 atom stereocenters.